The van der Waals surface area contributed by atoms with Crippen molar-refractivity contribution in [2.45, 2.75) is 33.0 Å². The monoisotopic (exact) mass is 436 g/mol. The fraction of sp³-hybridized carbons (Fsp3) is 0.458. The van der Waals surface area contributed by atoms with Crippen molar-refractivity contribution in [1.82, 2.24) is 25.3 Å². The van der Waals surface area contributed by atoms with Gasteiger partial charge in [0.2, 0.25) is 5.89 Å². The predicted molar refractivity (Wildman–Crippen MR) is 125 cm³/mol. The van der Waals surface area contributed by atoms with Crippen LogP contribution in [-0.4, -0.2) is 65.7 Å². The van der Waals surface area contributed by atoms with Crippen LogP contribution in [0.4, 0.5) is 0 Å². The van der Waals surface area contributed by atoms with E-state index in [1.165, 1.54) is 16.3 Å². The van der Waals surface area contributed by atoms with Crippen LogP contribution in [0.2, 0.25) is 0 Å². The maximum atomic E-state index is 5.52. The van der Waals surface area contributed by atoms with E-state index in [9.17, 15) is 0 Å². The quantitative estimate of drug-likeness (QED) is 0.450. The van der Waals surface area contributed by atoms with Crippen molar-refractivity contribution in [2.24, 2.45) is 4.99 Å². The second kappa shape index (κ2) is 10.6. The Morgan fingerprint density at radius 3 is 2.72 bits per heavy atom. The summed E-state index contributed by atoms with van der Waals surface area (Å²) in [6.45, 7) is 9.69. The van der Waals surface area contributed by atoms with E-state index in [2.05, 4.69) is 72.7 Å². The number of piperazine rings is 1. The van der Waals surface area contributed by atoms with Crippen LogP contribution in [0.25, 0.3) is 10.8 Å². The highest BCUT2D eigenvalue weighted by Gasteiger charge is 2.21. The van der Waals surface area contributed by atoms with Gasteiger partial charge in [-0.3, -0.25) is 9.89 Å². The first-order chi connectivity index (χ1) is 15.7. The van der Waals surface area contributed by atoms with E-state index in [0.29, 0.717) is 24.9 Å². The topological polar surface area (TPSA) is 79.0 Å². The van der Waals surface area contributed by atoms with Gasteiger partial charge in [0.25, 0.3) is 0 Å². The summed E-state index contributed by atoms with van der Waals surface area (Å²) in [5.74, 6) is 1.95. The van der Waals surface area contributed by atoms with E-state index in [1.807, 2.05) is 13.8 Å². The first kappa shape index (κ1) is 22.2. The summed E-state index contributed by atoms with van der Waals surface area (Å²) in [5, 5.41) is 10.00. The van der Waals surface area contributed by atoms with Crippen molar-refractivity contribution >= 4 is 16.7 Å². The lowest BCUT2D eigenvalue weighted by atomic mass is 10.0. The second-order valence-corrected chi connectivity index (χ2v) is 7.95. The Labute approximate surface area is 189 Å². The largest absolute Gasteiger partial charge is 0.371 e. The van der Waals surface area contributed by atoms with Gasteiger partial charge >= 0.3 is 0 Å². The number of fused-ring (bicyclic) bond motifs is 1. The van der Waals surface area contributed by atoms with Crippen molar-refractivity contribution < 1.29 is 9.26 Å². The zero-order valence-electron chi connectivity index (χ0n) is 19.1. The first-order valence-corrected chi connectivity index (χ1v) is 11.3. The van der Waals surface area contributed by atoms with E-state index >= 15 is 0 Å². The number of rotatable bonds is 7. The Morgan fingerprint density at radius 1 is 1.16 bits per heavy atom. The molecular weight excluding hydrogens is 404 g/mol. The fourth-order valence-corrected chi connectivity index (χ4v) is 4.11. The molecule has 1 aromatic heterocycles. The number of guanidine groups is 1. The van der Waals surface area contributed by atoms with Crippen LogP contribution < -0.4 is 5.32 Å². The van der Waals surface area contributed by atoms with Crippen molar-refractivity contribution in [1.29, 1.82) is 0 Å². The van der Waals surface area contributed by atoms with Crippen LogP contribution in [0.5, 0.6) is 0 Å². The molecule has 1 aliphatic heterocycles. The lowest BCUT2D eigenvalue weighted by molar-refractivity contribution is 0.0683. The Morgan fingerprint density at radius 2 is 1.94 bits per heavy atom. The summed E-state index contributed by atoms with van der Waals surface area (Å²) in [7, 11) is 1.81. The smallest absolute Gasteiger partial charge is 0.246 e. The molecule has 2 aromatic carbocycles. The fourth-order valence-electron chi connectivity index (χ4n) is 4.11. The minimum Gasteiger partial charge on any atom is -0.371 e. The van der Waals surface area contributed by atoms with Crippen molar-refractivity contribution in [2.75, 3.05) is 39.8 Å². The van der Waals surface area contributed by atoms with Crippen LogP contribution in [0, 0.1) is 0 Å². The van der Waals surface area contributed by atoms with Crippen molar-refractivity contribution in [3.8, 4) is 0 Å². The third kappa shape index (κ3) is 5.26. The average Bonchev–Trinajstić information content (AvgIpc) is 3.30. The molecule has 1 saturated heterocycles. The number of ether oxygens (including phenoxy) is 1. The van der Waals surface area contributed by atoms with Gasteiger partial charge in [-0.2, -0.15) is 4.98 Å². The van der Waals surface area contributed by atoms with E-state index in [4.69, 9.17) is 9.26 Å². The molecule has 0 spiro atoms. The maximum Gasteiger partial charge on any atom is 0.246 e. The molecule has 1 N–H and O–H groups in total. The van der Waals surface area contributed by atoms with Crippen LogP contribution >= 0.6 is 0 Å². The van der Waals surface area contributed by atoms with Gasteiger partial charge in [-0.25, -0.2) is 0 Å². The van der Waals surface area contributed by atoms with Gasteiger partial charge in [0.05, 0.1) is 6.54 Å². The molecule has 1 atom stereocenters. The average molecular weight is 437 g/mol. The van der Waals surface area contributed by atoms with Gasteiger partial charge in [-0.05, 0) is 30.2 Å². The van der Waals surface area contributed by atoms with Gasteiger partial charge in [-0.15, -0.1) is 0 Å². The Balaban J connectivity index is 1.29. The van der Waals surface area contributed by atoms with E-state index < -0.39 is 0 Å². The van der Waals surface area contributed by atoms with Crippen LogP contribution in [0.15, 0.2) is 52.0 Å². The number of hydrogen-bond acceptors (Lipinski definition) is 6. The molecule has 1 unspecified atom stereocenters. The lowest BCUT2D eigenvalue weighted by Gasteiger charge is -2.36. The molecule has 0 bridgehead atoms. The standard InChI is InChI=1S/C24H32N6O2/c1-4-31-18(2)23-27-22(32-28-23)16-26-24(25-3)30-14-12-29(13-15-30)17-20-10-7-9-19-8-5-6-11-21(19)20/h5-11,18H,4,12-17H2,1-3H3,(H,25,26). The summed E-state index contributed by atoms with van der Waals surface area (Å²) in [6, 6.07) is 15.2. The summed E-state index contributed by atoms with van der Waals surface area (Å²) < 4.78 is 10.9. The lowest BCUT2D eigenvalue weighted by Crippen LogP contribution is -2.52. The summed E-state index contributed by atoms with van der Waals surface area (Å²) in [6.07, 6.45) is -0.174. The minimum absolute atomic E-state index is 0.174. The summed E-state index contributed by atoms with van der Waals surface area (Å²) >= 11 is 0. The molecule has 3 aromatic rings. The molecule has 32 heavy (non-hydrogen) atoms. The SMILES string of the molecule is CCOC(C)c1noc(CNC(=NC)N2CCN(Cc3cccc4ccccc34)CC2)n1. The highest BCUT2D eigenvalue weighted by molar-refractivity contribution is 5.85. The van der Waals surface area contributed by atoms with Crippen LogP contribution in [-0.2, 0) is 17.8 Å². The van der Waals surface area contributed by atoms with E-state index in [1.54, 1.807) is 7.05 Å². The molecule has 8 nitrogen and oxygen atoms in total. The highest BCUT2D eigenvalue weighted by Crippen LogP contribution is 2.20. The molecule has 0 radical (unpaired) electrons. The Kier molecular flexibility index (Phi) is 7.34. The van der Waals surface area contributed by atoms with Crippen molar-refractivity contribution in [3.05, 3.63) is 59.7 Å². The first-order valence-electron chi connectivity index (χ1n) is 11.3. The molecule has 1 aliphatic rings. The molecular formula is C24H32N6O2. The van der Waals surface area contributed by atoms with E-state index in [-0.39, 0.29) is 6.10 Å². The minimum atomic E-state index is -0.174. The maximum absolute atomic E-state index is 5.52. The van der Waals surface area contributed by atoms with Gasteiger partial charge in [0, 0.05) is 46.4 Å². The van der Waals surface area contributed by atoms with E-state index in [0.717, 1.165) is 38.7 Å². The molecule has 0 saturated carbocycles. The van der Waals surface area contributed by atoms with Crippen LogP contribution in [0.1, 0.15) is 37.2 Å². The van der Waals surface area contributed by atoms with Gasteiger partial charge in [-0.1, -0.05) is 47.6 Å². The zero-order valence-corrected chi connectivity index (χ0v) is 19.1. The molecule has 2 heterocycles. The molecule has 170 valence electrons. The molecule has 0 aliphatic carbocycles. The van der Waals surface area contributed by atoms with Gasteiger partial charge < -0.3 is 19.5 Å². The number of nitrogens with zero attached hydrogens (tertiary/aromatic N) is 5. The van der Waals surface area contributed by atoms with Gasteiger partial charge in [0.1, 0.15) is 6.10 Å². The summed E-state index contributed by atoms with van der Waals surface area (Å²) in [5.41, 5.74) is 1.38. The number of aliphatic imine (C=N–C) groups is 1. The molecule has 0 amide bonds. The normalized spacial score (nSPS) is 16.5. The molecule has 1 fully saturated rings. The molecule has 8 heteroatoms. The summed E-state index contributed by atoms with van der Waals surface area (Å²) in [4.78, 5) is 13.6. The zero-order chi connectivity index (χ0) is 22.3. The third-order valence-corrected chi connectivity index (χ3v) is 5.82. The number of nitrogens with one attached hydrogen (secondary N) is 1. The predicted octanol–water partition coefficient (Wildman–Crippen LogP) is 3.21. The highest BCUT2D eigenvalue weighted by atomic mass is 16.5. The Hall–Kier alpha value is -2.97. The van der Waals surface area contributed by atoms with Gasteiger partial charge in [0.15, 0.2) is 11.8 Å². The van der Waals surface area contributed by atoms with Crippen molar-refractivity contribution in [3.63, 3.8) is 0 Å². The number of benzene rings is 2. The number of hydrogen-bond donors (Lipinski definition) is 1. The number of aromatic nitrogens is 2. The van der Waals surface area contributed by atoms with Crippen LogP contribution in [0.3, 0.4) is 0 Å². The third-order valence-electron chi connectivity index (χ3n) is 5.82. The second-order valence-electron chi connectivity index (χ2n) is 7.95. The molecule has 4 rings (SSSR count). The Bertz CT molecular complexity index is 1040.